The van der Waals surface area contributed by atoms with Crippen LogP contribution in [0.25, 0.3) is 5.57 Å². The number of ether oxygens (including phenoxy) is 3. The van der Waals surface area contributed by atoms with Gasteiger partial charge in [0.2, 0.25) is 0 Å². The number of anilines is 2. The lowest BCUT2D eigenvalue weighted by Gasteiger charge is -2.45. The molecule has 0 saturated carbocycles. The van der Waals surface area contributed by atoms with E-state index < -0.39 is 29.0 Å². The highest BCUT2D eigenvalue weighted by atomic mass is 19.1. The van der Waals surface area contributed by atoms with Crippen LogP contribution in [0.5, 0.6) is 11.5 Å². The van der Waals surface area contributed by atoms with E-state index in [1.54, 1.807) is 37.3 Å². The Morgan fingerprint density at radius 3 is 2.26 bits per heavy atom. The number of likely N-dealkylation sites (tertiary alicyclic amines) is 1. The normalized spacial score (nSPS) is 16.2. The number of hydrogen-bond acceptors (Lipinski definition) is 8. The number of nitrogens with zero attached hydrogens (tertiary/aromatic N) is 4. The smallest absolute Gasteiger partial charge is 0.329 e. The molecule has 2 aromatic rings. The van der Waals surface area contributed by atoms with Crippen molar-refractivity contribution in [1.82, 2.24) is 15.2 Å². The van der Waals surface area contributed by atoms with E-state index in [4.69, 9.17) is 19.6 Å². The van der Waals surface area contributed by atoms with Crippen molar-refractivity contribution in [2.45, 2.75) is 58.7 Å². The number of carbonyl (C=O) groups is 1. The Kier molecular flexibility index (Phi) is 9.17. The van der Waals surface area contributed by atoms with Gasteiger partial charge in [-0.15, -0.1) is 0 Å². The number of fused-ring (bicyclic) bond motifs is 1. The molecule has 2 aliphatic rings. The summed E-state index contributed by atoms with van der Waals surface area (Å²) in [4.78, 5) is 23.6. The predicted molar refractivity (Wildman–Crippen MR) is 163 cm³/mol. The van der Waals surface area contributed by atoms with Gasteiger partial charge in [-0.25, -0.2) is 13.6 Å². The molecule has 3 heterocycles. The highest BCUT2D eigenvalue weighted by Crippen LogP contribution is 2.42. The number of halogens is 2. The van der Waals surface area contributed by atoms with E-state index in [1.165, 1.54) is 14.2 Å². The Bertz CT molecular complexity index is 1420. The molecule has 0 unspecified atom stereocenters. The third-order valence-corrected chi connectivity index (χ3v) is 7.38. The Balaban J connectivity index is 1.79. The Hall–Kier alpha value is -4.35. The Morgan fingerprint density at radius 1 is 1.14 bits per heavy atom. The lowest BCUT2D eigenvalue weighted by molar-refractivity contribution is -0.00273. The first-order valence-electron chi connectivity index (χ1n) is 14.1. The minimum atomic E-state index is -1.01. The number of aromatic nitrogens is 1. The maximum atomic E-state index is 15.7. The average molecular weight is 599 g/mol. The van der Waals surface area contributed by atoms with Crippen LogP contribution < -0.4 is 24.6 Å². The van der Waals surface area contributed by atoms with E-state index in [1.807, 2.05) is 25.7 Å². The molecule has 0 atom stereocenters. The second-order valence-corrected chi connectivity index (χ2v) is 11.5. The van der Waals surface area contributed by atoms with Crippen molar-refractivity contribution < 1.29 is 27.8 Å². The molecule has 43 heavy (non-hydrogen) atoms. The van der Waals surface area contributed by atoms with Gasteiger partial charge in [-0.05, 0) is 53.2 Å². The van der Waals surface area contributed by atoms with E-state index in [9.17, 15) is 4.79 Å². The van der Waals surface area contributed by atoms with Crippen LogP contribution >= 0.6 is 0 Å². The third-order valence-electron chi connectivity index (χ3n) is 7.38. The molecule has 232 valence electrons. The van der Waals surface area contributed by atoms with Gasteiger partial charge in [0.05, 0.1) is 32.1 Å². The maximum Gasteiger partial charge on any atom is 0.329 e. The van der Waals surface area contributed by atoms with E-state index >= 15 is 8.78 Å². The fourth-order valence-corrected chi connectivity index (χ4v) is 5.38. The summed E-state index contributed by atoms with van der Waals surface area (Å²) < 4.78 is 47.5. The minimum absolute atomic E-state index is 0.133. The van der Waals surface area contributed by atoms with Gasteiger partial charge >= 0.3 is 6.03 Å². The molecule has 2 amide bonds. The number of pyridine rings is 1. The van der Waals surface area contributed by atoms with Gasteiger partial charge in [0, 0.05) is 61.5 Å². The number of allylic oxidation sites excluding steroid dienone is 1. The first-order chi connectivity index (χ1) is 20.3. The molecule has 0 bridgehead atoms. The first-order valence-corrected chi connectivity index (χ1v) is 14.1. The fourth-order valence-electron chi connectivity index (χ4n) is 5.38. The highest BCUT2D eigenvalue weighted by Gasteiger charge is 2.41. The van der Waals surface area contributed by atoms with E-state index in [0.717, 1.165) is 11.0 Å². The van der Waals surface area contributed by atoms with E-state index in [2.05, 4.69) is 16.9 Å². The lowest BCUT2D eigenvalue weighted by atomic mass is 9.98. The number of rotatable bonds is 9. The van der Waals surface area contributed by atoms with E-state index in [-0.39, 0.29) is 29.8 Å². The molecule has 10 nitrogen and oxygen atoms in total. The number of hydrogen-bond donors (Lipinski definition) is 2. The summed E-state index contributed by atoms with van der Waals surface area (Å²) in [6, 6.07) is 1.98. The molecular formula is C31H40F2N6O4. The summed E-state index contributed by atoms with van der Waals surface area (Å²) in [6.45, 7) is 12.6. The van der Waals surface area contributed by atoms with Crippen LogP contribution in [0, 0.1) is 17.0 Å². The van der Waals surface area contributed by atoms with Gasteiger partial charge in [-0.3, -0.25) is 14.8 Å². The van der Waals surface area contributed by atoms with Gasteiger partial charge < -0.3 is 29.8 Å². The number of carbonyl (C=O) groups excluding carboxylic acids is 1. The molecule has 0 radical (unpaired) electrons. The Morgan fingerprint density at radius 2 is 1.74 bits per heavy atom. The zero-order valence-electron chi connectivity index (χ0n) is 25.8. The molecule has 1 fully saturated rings. The molecular weight excluding hydrogens is 558 g/mol. The fraction of sp³-hybridized carbons (Fsp3) is 0.452. The van der Waals surface area contributed by atoms with Gasteiger partial charge in [0.15, 0.2) is 29.0 Å². The summed E-state index contributed by atoms with van der Waals surface area (Å²) in [5.74, 6) is -1.96. The Labute approximate surface area is 251 Å². The van der Waals surface area contributed by atoms with Gasteiger partial charge in [-0.2, -0.15) is 0 Å². The summed E-state index contributed by atoms with van der Waals surface area (Å²) in [6.07, 6.45) is 4.37. The molecule has 0 aliphatic carbocycles. The summed E-state index contributed by atoms with van der Waals surface area (Å²) >= 11 is 0. The van der Waals surface area contributed by atoms with Crippen LogP contribution in [0.3, 0.4) is 0 Å². The second-order valence-electron chi connectivity index (χ2n) is 11.5. The number of urea groups is 1. The second kappa shape index (κ2) is 12.5. The summed E-state index contributed by atoms with van der Waals surface area (Å²) in [5.41, 5.74) is 1.55. The van der Waals surface area contributed by atoms with Crippen LogP contribution in [0.4, 0.5) is 25.0 Å². The molecule has 1 saturated heterocycles. The maximum absolute atomic E-state index is 15.7. The van der Waals surface area contributed by atoms with Crippen molar-refractivity contribution in [3.8, 4) is 11.5 Å². The quantitative estimate of drug-likeness (QED) is 0.283. The van der Waals surface area contributed by atoms with Gasteiger partial charge in [0.1, 0.15) is 11.3 Å². The molecule has 1 aromatic heterocycles. The molecule has 1 aromatic carbocycles. The molecule has 2 aliphatic heterocycles. The SMILES string of the molecule is C=C(OC(C)(C)C)N1CCC(N2C(=O)N(c3c(F)c(OC)cc(OC)c3F)Cc3cnc(/C(=C/NC)C(C)=N)cc32)CC1. The van der Waals surface area contributed by atoms with Crippen LogP contribution in [0.15, 0.2) is 37.0 Å². The number of piperidine rings is 1. The minimum Gasteiger partial charge on any atom is -0.493 e. The van der Waals surface area contributed by atoms with Crippen LogP contribution in [-0.2, 0) is 11.3 Å². The van der Waals surface area contributed by atoms with Crippen molar-refractivity contribution in [3.63, 3.8) is 0 Å². The average Bonchev–Trinajstić information content (AvgIpc) is 2.95. The number of methoxy groups -OCH3 is 2. The molecule has 4 rings (SSSR count). The van der Waals surface area contributed by atoms with Crippen molar-refractivity contribution in [2.24, 2.45) is 0 Å². The molecule has 12 heteroatoms. The third kappa shape index (κ3) is 6.37. The largest absolute Gasteiger partial charge is 0.493 e. The topological polar surface area (TPSA) is 103 Å². The van der Waals surface area contributed by atoms with Crippen LogP contribution in [0.2, 0.25) is 0 Å². The van der Waals surface area contributed by atoms with Crippen molar-refractivity contribution in [3.05, 3.63) is 59.9 Å². The molecule has 0 spiro atoms. The van der Waals surface area contributed by atoms with Gasteiger partial charge in [0.25, 0.3) is 0 Å². The number of benzene rings is 1. The lowest BCUT2D eigenvalue weighted by Crippen LogP contribution is -2.55. The summed E-state index contributed by atoms with van der Waals surface area (Å²) in [7, 11) is 4.25. The first kappa shape index (κ1) is 31.6. The van der Waals surface area contributed by atoms with Crippen LogP contribution in [0.1, 0.15) is 51.8 Å². The monoisotopic (exact) mass is 598 g/mol. The number of nitrogens with one attached hydrogen (secondary N) is 2. The standard InChI is InChI=1S/C31H40F2N6O4/c1-18(34)22(16-35-6)23-13-24-20(15-36-23)17-38(29-27(32)25(41-7)14-26(42-8)28(29)33)30(40)39(24)21-9-11-37(12-10-21)19(2)43-31(3,4)5/h13-16,21,34-35H,2,9-12,17H2,1,3-8H3/b22-16+,34-18?. The highest BCUT2D eigenvalue weighted by molar-refractivity contribution is 6.20. The molecule has 2 N–H and O–H groups in total. The van der Waals surface area contributed by atoms with Crippen LogP contribution in [-0.4, -0.2) is 67.6 Å². The summed E-state index contributed by atoms with van der Waals surface area (Å²) in [5, 5.41) is 11.2. The zero-order chi connectivity index (χ0) is 31.6. The van der Waals surface area contributed by atoms with Gasteiger partial charge in [-0.1, -0.05) is 0 Å². The van der Waals surface area contributed by atoms with E-state index in [0.29, 0.717) is 54.3 Å². The van der Waals surface area contributed by atoms with Crippen molar-refractivity contribution >= 4 is 28.7 Å². The van der Waals surface area contributed by atoms with Crippen molar-refractivity contribution in [1.29, 1.82) is 5.41 Å². The van der Waals surface area contributed by atoms with Crippen molar-refractivity contribution in [2.75, 3.05) is 44.2 Å². The predicted octanol–water partition coefficient (Wildman–Crippen LogP) is 5.67. The zero-order valence-corrected chi connectivity index (χ0v) is 25.8. The number of amides is 2.